The summed E-state index contributed by atoms with van der Waals surface area (Å²) in [6, 6.07) is 0. The maximum atomic E-state index is 11.3. The van der Waals surface area contributed by atoms with E-state index in [9.17, 15) is 4.79 Å². The Morgan fingerprint density at radius 2 is 2.00 bits per heavy atom. The van der Waals surface area contributed by atoms with E-state index in [1.54, 1.807) is 0 Å². The third-order valence-corrected chi connectivity index (χ3v) is 2.41. The third-order valence-electron chi connectivity index (χ3n) is 2.41. The first kappa shape index (κ1) is 16.1. The van der Waals surface area contributed by atoms with Crippen molar-refractivity contribution in [2.75, 3.05) is 26.8 Å². The first-order valence-corrected chi connectivity index (χ1v) is 6.08. The van der Waals surface area contributed by atoms with Crippen LogP contribution in [0.2, 0.25) is 0 Å². The highest BCUT2D eigenvalue weighted by Gasteiger charge is 2.16. The predicted molar refractivity (Wildman–Crippen MR) is 69.0 cm³/mol. The van der Waals surface area contributed by atoms with Crippen molar-refractivity contribution in [2.45, 2.75) is 39.7 Å². The van der Waals surface area contributed by atoms with E-state index in [0.29, 0.717) is 25.1 Å². The normalized spacial score (nSPS) is 12.6. The summed E-state index contributed by atoms with van der Waals surface area (Å²) in [5, 5.41) is 3.25. The molecule has 0 aliphatic heterocycles. The van der Waals surface area contributed by atoms with Crippen LogP contribution >= 0.6 is 0 Å². The summed E-state index contributed by atoms with van der Waals surface area (Å²) in [5.41, 5.74) is 0.523. The molecule has 1 N–H and O–H groups in total. The third kappa shape index (κ3) is 7.13. The SMILES string of the molecule is CCOC(C)(C)CNC/C=C(/CC)C(=O)OC. The standard InChI is InChI=1S/C13H25NO3/c1-6-11(12(15)16-5)8-9-14-10-13(3,4)17-7-2/h8,14H,6-7,9-10H2,1-5H3/b11-8-. The molecule has 0 aromatic rings. The van der Waals surface area contributed by atoms with Gasteiger partial charge in [0.2, 0.25) is 0 Å². The molecule has 0 rings (SSSR count). The van der Waals surface area contributed by atoms with Crippen LogP contribution in [0.5, 0.6) is 0 Å². The van der Waals surface area contributed by atoms with Crippen LogP contribution in [0.25, 0.3) is 0 Å². The highest BCUT2D eigenvalue weighted by atomic mass is 16.5. The van der Waals surface area contributed by atoms with Gasteiger partial charge in [-0.2, -0.15) is 0 Å². The van der Waals surface area contributed by atoms with Gasteiger partial charge in [-0.1, -0.05) is 13.0 Å². The molecule has 0 atom stereocenters. The van der Waals surface area contributed by atoms with Crippen molar-refractivity contribution in [1.29, 1.82) is 0 Å². The number of hydrogen-bond donors (Lipinski definition) is 1. The van der Waals surface area contributed by atoms with Gasteiger partial charge in [0.05, 0.1) is 12.7 Å². The molecule has 0 saturated carbocycles. The number of rotatable bonds is 8. The lowest BCUT2D eigenvalue weighted by molar-refractivity contribution is -0.136. The van der Waals surface area contributed by atoms with Gasteiger partial charge in [0, 0.05) is 25.3 Å². The van der Waals surface area contributed by atoms with Crippen molar-refractivity contribution in [3.8, 4) is 0 Å². The molecule has 4 nitrogen and oxygen atoms in total. The number of hydrogen-bond acceptors (Lipinski definition) is 4. The predicted octanol–water partition coefficient (Wildman–Crippen LogP) is 1.90. The highest BCUT2D eigenvalue weighted by molar-refractivity contribution is 5.88. The Morgan fingerprint density at radius 1 is 1.35 bits per heavy atom. The van der Waals surface area contributed by atoms with E-state index in [2.05, 4.69) is 10.1 Å². The Bertz CT molecular complexity index is 259. The summed E-state index contributed by atoms with van der Waals surface area (Å²) >= 11 is 0. The van der Waals surface area contributed by atoms with Crippen LogP contribution in [0, 0.1) is 0 Å². The first-order chi connectivity index (χ1) is 7.96. The number of nitrogens with one attached hydrogen (secondary N) is 1. The van der Waals surface area contributed by atoms with Crippen molar-refractivity contribution in [3.05, 3.63) is 11.6 Å². The van der Waals surface area contributed by atoms with Gasteiger partial charge in [0.15, 0.2) is 0 Å². The molecule has 4 heteroatoms. The van der Waals surface area contributed by atoms with Crippen LogP contribution in [0.3, 0.4) is 0 Å². The zero-order valence-electron chi connectivity index (χ0n) is 11.6. The minimum Gasteiger partial charge on any atom is -0.466 e. The first-order valence-electron chi connectivity index (χ1n) is 6.08. The molecule has 0 aliphatic rings. The molecule has 100 valence electrons. The Balaban J connectivity index is 4.04. The molecular formula is C13H25NO3. The fourth-order valence-electron chi connectivity index (χ4n) is 1.51. The quantitative estimate of drug-likeness (QED) is 0.402. The number of carbonyl (C=O) groups excluding carboxylic acids is 1. The van der Waals surface area contributed by atoms with Crippen molar-refractivity contribution in [3.63, 3.8) is 0 Å². The second kappa shape index (κ2) is 8.25. The van der Waals surface area contributed by atoms with Crippen molar-refractivity contribution >= 4 is 5.97 Å². The number of ether oxygens (including phenoxy) is 2. The Morgan fingerprint density at radius 3 is 2.47 bits per heavy atom. The number of esters is 1. The lowest BCUT2D eigenvalue weighted by atomic mass is 10.1. The van der Waals surface area contributed by atoms with Gasteiger partial charge in [-0.25, -0.2) is 4.79 Å². The minimum atomic E-state index is -0.252. The summed E-state index contributed by atoms with van der Waals surface area (Å²) in [6.07, 6.45) is 2.55. The Kier molecular flexibility index (Phi) is 7.83. The van der Waals surface area contributed by atoms with Crippen LogP contribution < -0.4 is 5.32 Å². The zero-order valence-corrected chi connectivity index (χ0v) is 11.6. The molecule has 0 bridgehead atoms. The van der Waals surface area contributed by atoms with Crippen LogP contribution in [0.4, 0.5) is 0 Å². The maximum Gasteiger partial charge on any atom is 0.333 e. The molecule has 17 heavy (non-hydrogen) atoms. The van der Waals surface area contributed by atoms with Gasteiger partial charge in [-0.3, -0.25) is 0 Å². The van der Waals surface area contributed by atoms with E-state index < -0.39 is 0 Å². The lowest BCUT2D eigenvalue weighted by Gasteiger charge is -2.24. The van der Waals surface area contributed by atoms with E-state index in [1.807, 2.05) is 33.8 Å². The fraction of sp³-hybridized carbons (Fsp3) is 0.769. The summed E-state index contributed by atoms with van der Waals surface area (Å²) in [5.74, 6) is -0.252. The molecule has 0 spiro atoms. The van der Waals surface area contributed by atoms with E-state index in [-0.39, 0.29) is 11.6 Å². The zero-order chi connectivity index (χ0) is 13.3. The topological polar surface area (TPSA) is 47.6 Å². The van der Waals surface area contributed by atoms with E-state index >= 15 is 0 Å². The summed E-state index contributed by atoms with van der Waals surface area (Å²) in [6.45, 7) is 10.1. The molecule has 0 aromatic carbocycles. The summed E-state index contributed by atoms with van der Waals surface area (Å²) in [4.78, 5) is 11.3. The van der Waals surface area contributed by atoms with Crippen molar-refractivity contribution in [1.82, 2.24) is 5.32 Å². The van der Waals surface area contributed by atoms with Crippen LogP contribution in [-0.4, -0.2) is 38.4 Å². The summed E-state index contributed by atoms with van der Waals surface area (Å²) in [7, 11) is 1.40. The molecule has 0 radical (unpaired) electrons. The van der Waals surface area contributed by atoms with Crippen molar-refractivity contribution < 1.29 is 14.3 Å². The van der Waals surface area contributed by atoms with E-state index in [1.165, 1.54) is 7.11 Å². The van der Waals surface area contributed by atoms with Gasteiger partial charge in [-0.05, 0) is 27.2 Å². The molecule has 0 aliphatic carbocycles. The van der Waals surface area contributed by atoms with Crippen LogP contribution in [0.1, 0.15) is 34.1 Å². The van der Waals surface area contributed by atoms with Gasteiger partial charge in [0.25, 0.3) is 0 Å². The maximum absolute atomic E-state index is 11.3. The number of carbonyl (C=O) groups is 1. The summed E-state index contributed by atoms with van der Waals surface area (Å²) < 4.78 is 10.2. The molecule has 0 amide bonds. The molecule has 0 aromatic heterocycles. The molecule has 0 fully saturated rings. The monoisotopic (exact) mass is 243 g/mol. The van der Waals surface area contributed by atoms with Gasteiger partial charge < -0.3 is 14.8 Å². The average Bonchev–Trinajstić information content (AvgIpc) is 2.28. The Hall–Kier alpha value is -0.870. The molecule has 0 saturated heterocycles. The van der Waals surface area contributed by atoms with Gasteiger partial charge in [0.1, 0.15) is 0 Å². The van der Waals surface area contributed by atoms with Crippen molar-refractivity contribution in [2.24, 2.45) is 0 Å². The van der Waals surface area contributed by atoms with Crippen LogP contribution in [0.15, 0.2) is 11.6 Å². The smallest absolute Gasteiger partial charge is 0.333 e. The van der Waals surface area contributed by atoms with Crippen LogP contribution in [-0.2, 0) is 14.3 Å². The van der Waals surface area contributed by atoms with Gasteiger partial charge in [-0.15, -0.1) is 0 Å². The lowest BCUT2D eigenvalue weighted by Crippen LogP contribution is -2.37. The minimum absolute atomic E-state index is 0.180. The largest absolute Gasteiger partial charge is 0.466 e. The second-order valence-electron chi connectivity index (χ2n) is 4.40. The molecular weight excluding hydrogens is 218 g/mol. The molecule has 0 unspecified atom stereocenters. The Labute approximate surface area is 104 Å². The van der Waals surface area contributed by atoms with E-state index in [4.69, 9.17) is 4.74 Å². The number of methoxy groups -OCH3 is 1. The van der Waals surface area contributed by atoms with E-state index in [0.717, 1.165) is 6.54 Å². The second-order valence-corrected chi connectivity index (χ2v) is 4.40. The highest BCUT2D eigenvalue weighted by Crippen LogP contribution is 2.07. The molecule has 0 heterocycles. The van der Waals surface area contributed by atoms with Gasteiger partial charge >= 0.3 is 5.97 Å². The fourth-order valence-corrected chi connectivity index (χ4v) is 1.51. The average molecular weight is 243 g/mol.